The fourth-order valence-corrected chi connectivity index (χ4v) is 3.93. The van der Waals surface area contributed by atoms with Crippen LogP contribution in [0.25, 0.3) is 0 Å². The van der Waals surface area contributed by atoms with Gasteiger partial charge in [-0.05, 0) is 39.5 Å². The smallest absolute Gasteiger partial charge is 0.243 e. The molecule has 0 bridgehead atoms. The number of amides is 2. The lowest BCUT2D eigenvalue weighted by atomic mass is 9.88. The summed E-state index contributed by atoms with van der Waals surface area (Å²) in [4.78, 5) is 27.2. The maximum Gasteiger partial charge on any atom is 0.243 e. The van der Waals surface area contributed by atoms with Crippen LogP contribution in [0.1, 0.15) is 62.0 Å². The summed E-state index contributed by atoms with van der Waals surface area (Å²) < 4.78 is 5.13. The van der Waals surface area contributed by atoms with Gasteiger partial charge in [0.2, 0.25) is 11.8 Å². The molecule has 6 heteroatoms. The van der Waals surface area contributed by atoms with Gasteiger partial charge in [-0.3, -0.25) is 9.59 Å². The van der Waals surface area contributed by atoms with Crippen molar-refractivity contribution in [3.8, 4) is 0 Å². The summed E-state index contributed by atoms with van der Waals surface area (Å²) in [6.07, 6.45) is 7.10. The molecular formula is C18H27N3O3. The number of likely N-dealkylation sites (tertiary alicyclic amines) is 1. The Labute approximate surface area is 142 Å². The standard InChI is InChI=1S/C18H27N3O3/c1-12-15(13(2)24-20-12)11-19-17(22)16-9-6-10-21(16)18(23)14-7-4-3-5-8-14/h14,16H,3-11H2,1-2H3,(H,19,22). The normalized spacial score (nSPS) is 21.9. The molecule has 1 aliphatic heterocycles. The van der Waals surface area contributed by atoms with Crippen molar-refractivity contribution in [2.75, 3.05) is 6.54 Å². The number of carbonyl (C=O) groups excluding carboxylic acids is 2. The average Bonchev–Trinajstić information content (AvgIpc) is 3.20. The number of aryl methyl sites for hydroxylation is 2. The molecule has 1 aliphatic carbocycles. The van der Waals surface area contributed by atoms with E-state index in [1.165, 1.54) is 6.42 Å². The summed E-state index contributed by atoms with van der Waals surface area (Å²) in [7, 11) is 0. The van der Waals surface area contributed by atoms with Crippen molar-refractivity contribution in [2.24, 2.45) is 5.92 Å². The lowest BCUT2D eigenvalue weighted by Gasteiger charge is -2.30. The predicted molar refractivity (Wildman–Crippen MR) is 89.1 cm³/mol. The molecule has 0 radical (unpaired) electrons. The molecular weight excluding hydrogens is 306 g/mol. The second kappa shape index (κ2) is 7.36. The van der Waals surface area contributed by atoms with E-state index in [9.17, 15) is 9.59 Å². The number of aromatic nitrogens is 1. The van der Waals surface area contributed by atoms with Gasteiger partial charge in [-0.15, -0.1) is 0 Å². The molecule has 24 heavy (non-hydrogen) atoms. The first-order valence-corrected chi connectivity index (χ1v) is 9.08. The Hall–Kier alpha value is -1.85. The van der Waals surface area contributed by atoms with Crippen molar-refractivity contribution in [1.29, 1.82) is 0 Å². The summed E-state index contributed by atoms with van der Waals surface area (Å²) in [6.45, 7) is 4.82. The monoisotopic (exact) mass is 333 g/mol. The molecule has 132 valence electrons. The zero-order chi connectivity index (χ0) is 17.1. The maximum atomic E-state index is 12.8. The molecule has 1 saturated heterocycles. The molecule has 2 aliphatic rings. The molecule has 1 aromatic heterocycles. The third kappa shape index (κ3) is 3.47. The van der Waals surface area contributed by atoms with E-state index in [-0.39, 0.29) is 23.8 Å². The van der Waals surface area contributed by atoms with Crippen molar-refractivity contribution < 1.29 is 14.1 Å². The van der Waals surface area contributed by atoms with E-state index >= 15 is 0 Å². The Morgan fingerprint density at radius 2 is 1.92 bits per heavy atom. The van der Waals surface area contributed by atoms with E-state index in [4.69, 9.17) is 4.52 Å². The molecule has 1 aromatic rings. The summed E-state index contributed by atoms with van der Waals surface area (Å²) in [5.74, 6) is 0.977. The number of hydrogen-bond donors (Lipinski definition) is 1. The van der Waals surface area contributed by atoms with E-state index in [0.717, 1.165) is 55.5 Å². The minimum Gasteiger partial charge on any atom is -0.361 e. The van der Waals surface area contributed by atoms with Crippen LogP contribution < -0.4 is 5.32 Å². The van der Waals surface area contributed by atoms with E-state index in [1.54, 1.807) is 0 Å². The van der Waals surface area contributed by atoms with Crippen LogP contribution in [-0.2, 0) is 16.1 Å². The van der Waals surface area contributed by atoms with Gasteiger partial charge in [0.25, 0.3) is 0 Å². The maximum absolute atomic E-state index is 12.8. The molecule has 0 aromatic carbocycles. The van der Waals surface area contributed by atoms with Crippen molar-refractivity contribution >= 4 is 11.8 Å². The van der Waals surface area contributed by atoms with Crippen LogP contribution in [0.5, 0.6) is 0 Å². The van der Waals surface area contributed by atoms with Gasteiger partial charge in [0.05, 0.1) is 5.69 Å². The Morgan fingerprint density at radius 1 is 1.17 bits per heavy atom. The lowest BCUT2D eigenvalue weighted by molar-refractivity contribution is -0.142. The van der Waals surface area contributed by atoms with E-state index in [2.05, 4.69) is 10.5 Å². The highest BCUT2D eigenvalue weighted by atomic mass is 16.5. The molecule has 1 unspecified atom stereocenters. The summed E-state index contributed by atoms with van der Waals surface area (Å²) in [6, 6.07) is -0.320. The molecule has 0 spiro atoms. The Balaban J connectivity index is 1.60. The highest BCUT2D eigenvalue weighted by Crippen LogP contribution is 2.28. The molecule has 6 nitrogen and oxygen atoms in total. The summed E-state index contributed by atoms with van der Waals surface area (Å²) in [5, 5.41) is 6.87. The van der Waals surface area contributed by atoms with Crippen molar-refractivity contribution in [3.63, 3.8) is 0 Å². The van der Waals surface area contributed by atoms with Crippen LogP contribution in [0.15, 0.2) is 4.52 Å². The number of nitrogens with one attached hydrogen (secondary N) is 1. The van der Waals surface area contributed by atoms with Crippen LogP contribution in [0, 0.1) is 19.8 Å². The zero-order valence-electron chi connectivity index (χ0n) is 14.6. The molecule has 1 atom stereocenters. The zero-order valence-corrected chi connectivity index (χ0v) is 14.6. The fourth-order valence-electron chi connectivity index (χ4n) is 3.93. The number of hydrogen-bond acceptors (Lipinski definition) is 4. The summed E-state index contributed by atoms with van der Waals surface area (Å²) in [5.41, 5.74) is 1.72. The Kier molecular flexibility index (Phi) is 5.21. The highest BCUT2D eigenvalue weighted by molar-refractivity contribution is 5.89. The topological polar surface area (TPSA) is 75.4 Å². The van der Waals surface area contributed by atoms with Gasteiger partial charge in [-0.2, -0.15) is 0 Å². The van der Waals surface area contributed by atoms with Gasteiger partial charge < -0.3 is 14.7 Å². The third-order valence-electron chi connectivity index (χ3n) is 5.41. The minimum absolute atomic E-state index is 0.0586. The molecule has 2 amide bonds. The molecule has 2 fully saturated rings. The van der Waals surface area contributed by atoms with Gasteiger partial charge in [0.15, 0.2) is 0 Å². The van der Waals surface area contributed by atoms with Crippen molar-refractivity contribution in [1.82, 2.24) is 15.4 Å². The van der Waals surface area contributed by atoms with Gasteiger partial charge in [0.1, 0.15) is 11.8 Å². The van der Waals surface area contributed by atoms with Gasteiger partial charge >= 0.3 is 0 Å². The summed E-state index contributed by atoms with van der Waals surface area (Å²) >= 11 is 0. The SMILES string of the molecule is Cc1noc(C)c1CNC(=O)C1CCCN1C(=O)C1CCCCC1. The first-order chi connectivity index (χ1) is 11.6. The van der Waals surface area contributed by atoms with Gasteiger partial charge in [0, 0.05) is 24.6 Å². The van der Waals surface area contributed by atoms with Crippen LogP contribution in [0.2, 0.25) is 0 Å². The Morgan fingerprint density at radius 3 is 2.58 bits per heavy atom. The van der Waals surface area contributed by atoms with E-state index in [1.807, 2.05) is 18.7 Å². The first-order valence-electron chi connectivity index (χ1n) is 9.08. The number of rotatable bonds is 4. The fraction of sp³-hybridized carbons (Fsp3) is 0.722. The van der Waals surface area contributed by atoms with Crippen LogP contribution >= 0.6 is 0 Å². The molecule has 3 rings (SSSR count). The molecule has 1 N–H and O–H groups in total. The quantitative estimate of drug-likeness (QED) is 0.918. The molecule has 1 saturated carbocycles. The molecule has 2 heterocycles. The van der Waals surface area contributed by atoms with E-state index in [0.29, 0.717) is 13.1 Å². The van der Waals surface area contributed by atoms with E-state index < -0.39 is 0 Å². The van der Waals surface area contributed by atoms with Gasteiger partial charge in [-0.1, -0.05) is 24.4 Å². The minimum atomic E-state index is -0.320. The van der Waals surface area contributed by atoms with Crippen molar-refractivity contribution in [3.05, 3.63) is 17.0 Å². The largest absolute Gasteiger partial charge is 0.361 e. The number of nitrogens with zero attached hydrogens (tertiary/aromatic N) is 2. The average molecular weight is 333 g/mol. The predicted octanol–water partition coefficient (Wildman–Crippen LogP) is 2.48. The Bertz CT molecular complexity index is 585. The van der Waals surface area contributed by atoms with Crippen LogP contribution in [0.4, 0.5) is 0 Å². The first kappa shape index (κ1) is 17.0. The van der Waals surface area contributed by atoms with Crippen LogP contribution in [0.3, 0.4) is 0 Å². The van der Waals surface area contributed by atoms with Crippen molar-refractivity contribution in [2.45, 2.75) is 71.4 Å². The highest BCUT2D eigenvalue weighted by Gasteiger charge is 2.37. The third-order valence-corrected chi connectivity index (χ3v) is 5.41. The lowest BCUT2D eigenvalue weighted by Crippen LogP contribution is -2.48. The second-order valence-corrected chi connectivity index (χ2v) is 7.05. The number of carbonyl (C=O) groups is 2. The van der Waals surface area contributed by atoms with Crippen LogP contribution in [-0.4, -0.2) is 34.5 Å². The second-order valence-electron chi connectivity index (χ2n) is 7.05. The van der Waals surface area contributed by atoms with Gasteiger partial charge in [-0.25, -0.2) is 0 Å².